The molecule has 10 heteroatoms. The highest BCUT2D eigenvalue weighted by molar-refractivity contribution is 7.45. The molecule has 0 bridgehead atoms. The normalized spacial score (nSPS) is 13.9. The summed E-state index contributed by atoms with van der Waals surface area (Å²) in [5.41, 5.74) is 0. The summed E-state index contributed by atoms with van der Waals surface area (Å²) in [5.74, 6) is -0.890. The average Bonchev–Trinajstić information content (AvgIpc) is 3.15. The molecule has 0 aliphatic heterocycles. The third kappa shape index (κ3) is 41.9. The van der Waals surface area contributed by atoms with E-state index in [9.17, 15) is 19.0 Å². The lowest BCUT2D eigenvalue weighted by Gasteiger charge is -2.28. The number of likely N-dealkylation sites (N-methyl/N-ethyl adjacent to an activating group) is 1. The third-order valence-electron chi connectivity index (χ3n) is 9.66. The van der Waals surface area contributed by atoms with E-state index in [0.717, 1.165) is 38.5 Å². The molecule has 0 saturated carbocycles. The van der Waals surface area contributed by atoms with Gasteiger partial charge in [0.1, 0.15) is 19.8 Å². The summed E-state index contributed by atoms with van der Waals surface area (Å²) in [6.07, 6.45) is 43.2. The van der Waals surface area contributed by atoms with Gasteiger partial charge in [-0.15, -0.1) is 0 Å². The van der Waals surface area contributed by atoms with Gasteiger partial charge in [0.05, 0.1) is 27.7 Å². The second kappa shape index (κ2) is 38.7. The van der Waals surface area contributed by atoms with Gasteiger partial charge in [0.2, 0.25) is 0 Å². The maximum absolute atomic E-state index is 12.7. The van der Waals surface area contributed by atoms with Crippen LogP contribution < -0.4 is 4.89 Å². The lowest BCUT2D eigenvalue weighted by molar-refractivity contribution is -0.870. The van der Waals surface area contributed by atoms with Gasteiger partial charge in [-0.05, 0) is 44.9 Å². The number of phosphoric ester groups is 1. The quantitative estimate of drug-likeness (QED) is 0.0197. The van der Waals surface area contributed by atoms with Crippen LogP contribution in [0.25, 0.3) is 0 Å². The molecule has 0 spiro atoms. The van der Waals surface area contributed by atoms with Crippen LogP contribution in [0.3, 0.4) is 0 Å². The zero-order valence-corrected chi connectivity index (χ0v) is 37.7. The second-order valence-electron chi connectivity index (χ2n) is 16.4. The Bertz CT molecular complexity index is 1050. The topological polar surface area (TPSA) is 111 Å². The van der Waals surface area contributed by atoms with Gasteiger partial charge in [-0.2, -0.15) is 0 Å². The first-order chi connectivity index (χ1) is 27.0. The molecule has 2 atom stereocenters. The molecule has 0 rings (SSSR count). The number of nitrogens with zero attached hydrogens (tertiary/aromatic N) is 1. The summed E-state index contributed by atoms with van der Waals surface area (Å²) in [6.45, 7) is 4.17. The van der Waals surface area contributed by atoms with E-state index in [1.165, 1.54) is 116 Å². The number of carbonyl (C=O) groups excluding carboxylic acids is 2. The van der Waals surface area contributed by atoms with Crippen molar-refractivity contribution < 1.29 is 42.1 Å². The number of carbonyl (C=O) groups is 2. The molecule has 0 aromatic carbocycles. The van der Waals surface area contributed by atoms with E-state index in [0.29, 0.717) is 23.9 Å². The molecule has 0 aromatic rings. The summed E-state index contributed by atoms with van der Waals surface area (Å²) in [5, 5.41) is 0. The maximum Gasteiger partial charge on any atom is 0.306 e. The fourth-order valence-corrected chi connectivity index (χ4v) is 6.81. The average molecular weight is 812 g/mol. The van der Waals surface area contributed by atoms with Gasteiger partial charge < -0.3 is 27.9 Å². The van der Waals surface area contributed by atoms with Crippen molar-refractivity contribution in [2.24, 2.45) is 0 Å². The number of quaternary nitrogens is 1. The van der Waals surface area contributed by atoms with Crippen molar-refractivity contribution >= 4 is 19.8 Å². The van der Waals surface area contributed by atoms with Crippen molar-refractivity contribution in [2.75, 3.05) is 47.5 Å². The Hall–Kier alpha value is -1.77. The van der Waals surface area contributed by atoms with Gasteiger partial charge in [0.15, 0.2) is 6.10 Å². The lowest BCUT2D eigenvalue weighted by atomic mass is 10.0. The van der Waals surface area contributed by atoms with E-state index < -0.39 is 32.5 Å². The summed E-state index contributed by atoms with van der Waals surface area (Å²) in [6, 6.07) is 0. The zero-order chi connectivity index (χ0) is 41.4. The zero-order valence-electron chi connectivity index (χ0n) is 36.8. The van der Waals surface area contributed by atoms with Gasteiger partial charge in [0.25, 0.3) is 7.82 Å². The first-order valence-electron chi connectivity index (χ1n) is 22.7. The van der Waals surface area contributed by atoms with Crippen LogP contribution in [0.2, 0.25) is 0 Å². The molecule has 0 fully saturated rings. The number of phosphoric acid groups is 1. The molecule has 0 aromatic heterocycles. The van der Waals surface area contributed by atoms with Gasteiger partial charge >= 0.3 is 11.9 Å². The molecule has 0 amide bonds. The van der Waals surface area contributed by atoms with E-state index in [1.54, 1.807) is 0 Å². The molecule has 0 saturated heterocycles. The van der Waals surface area contributed by atoms with Gasteiger partial charge in [-0.3, -0.25) is 14.2 Å². The third-order valence-corrected chi connectivity index (χ3v) is 10.6. The van der Waals surface area contributed by atoms with Crippen LogP contribution in [-0.4, -0.2) is 70.0 Å². The summed E-state index contributed by atoms with van der Waals surface area (Å²) >= 11 is 0. The van der Waals surface area contributed by atoms with Crippen LogP contribution in [0.4, 0.5) is 0 Å². The minimum absolute atomic E-state index is 0.0390. The van der Waals surface area contributed by atoms with E-state index >= 15 is 0 Å². The highest BCUT2D eigenvalue weighted by Gasteiger charge is 2.21. The fourth-order valence-electron chi connectivity index (χ4n) is 6.08. The minimum Gasteiger partial charge on any atom is -0.756 e. The fraction of sp³-hybridized carbons (Fsp3) is 0.826. The number of ether oxygens (including phenoxy) is 2. The molecule has 56 heavy (non-hydrogen) atoms. The predicted molar refractivity (Wildman–Crippen MR) is 231 cm³/mol. The van der Waals surface area contributed by atoms with E-state index in [4.69, 9.17) is 18.5 Å². The Morgan fingerprint density at radius 1 is 0.554 bits per heavy atom. The van der Waals surface area contributed by atoms with Crippen molar-refractivity contribution in [1.82, 2.24) is 0 Å². The molecule has 9 nitrogen and oxygen atoms in total. The standard InChI is InChI=1S/C46H86NO8P/c1-6-8-10-12-14-16-18-20-22-23-25-27-29-31-33-35-37-39-46(49)55-44(43-54-56(50,51)53-41-40-47(3,4)5)42-52-45(48)38-36-34-32-30-28-26-24-21-19-17-15-13-11-9-7-2/h20,22,25,27,31,33,44H,6-19,21,23-24,26,28-30,32,34-43H2,1-5H3/b22-20-,27-25-,33-31-. The van der Waals surface area contributed by atoms with E-state index in [1.807, 2.05) is 27.2 Å². The molecular formula is C46H86NO8P. The number of hydrogen-bond donors (Lipinski definition) is 0. The first-order valence-corrected chi connectivity index (χ1v) is 24.2. The molecule has 0 aliphatic carbocycles. The monoisotopic (exact) mass is 812 g/mol. The summed E-state index contributed by atoms with van der Waals surface area (Å²) in [7, 11) is 1.14. The van der Waals surface area contributed by atoms with Crippen molar-refractivity contribution in [3.05, 3.63) is 36.5 Å². The van der Waals surface area contributed by atoms with E-state index in [2.05, 4.69) is 44.2 Å². The van der Waals surface area contributed by atoms with Crippen molar-refractivity contribution in [1.29, 1.82) is 0 Å². The largest absolute Gasteiger partial charge is 0.756 e. The molecule has 0 heterocycles. The van der Waals surface area contributed by atoms with Gasteiger partial charge in [0, 0.05) is 12.8 Å². The van der Waals surface area contributed by atoms with Crippen molar-refractivity contribution in [3.63, 3.8) is 0 Å². The Kier molecular flexibility index (Phi) is 37.5. The van der Waals surface area contributed by atoms with Crippen LogP contribution in [-0.2, 0) is 32.7 Å². The smallest absolute Gasteiger partial charge is 0.306 e. The highest BCUT2D eigenvalue weighted by Crippen LogP contribution is 2.38. The van der Waals surface area contributed by atoms with Crippen molar-refractivity contribution in [2.45, 2.75) is 200 Å². The summed E-state index contributed by atoms with van der Waals surface area (Å²) in [4.78, 5) is 37.5. The highest BCUT2D eigenvalue weighted by atomic mass is 31.2. The Morgan fingerprint density at radius 3 is 1.48 bits per heavy atom. The molecule has 0 aliphatic rings. The van der Waals surface area contributed by atoms with Crippen molar-refractivity contribution in [3.8, 4) is 0 Å². The number of hydrogen-bond acceptors (Lipinski definition) is 8. The number of allylic oxidation sites excluding steroid dienone is 6. The summed E-state index contributed by atoms with van der Waals surface area (Å²) < 4.78 is 33.8. The number of rotatable bonds is 41. The van der Waals surface area contributed by atoms with Gasteiger partial charge in [-0.25, -0.2) is 0 Å². The Morgan fingerprint density at radius 2 is 0.982 bits per heavy atom. The van der Waals surface area contributed by atoms with Gasteiger partial charge in [-0.1, -0.05) is 172 Å². The van der Waals surface area contributed by atoms with Crippen LogP contribution in [0.5, 0.6) is 0 Å². The van der Waals surface area contributed by atoms with E-state index in [-0.39, 0.29) is 26.1 Å². The molecule has 0 N–H and O–H groups in total. The molecular weight excluding hydrogens is 725 g/mol. The predicted octanol–water partition coefficient (Wildman–Crippen LogP) is 12.3. The van der Waals surface area contributed by atoms with Crippen LogP contribution >= 0.6 is 7.82 Å². The molecule has 328 valence electrons. The number of unbranched alkanes of at least 4 members (excludes halogenated alkanes) is 21. The van der Waals surface area contributed by atoms with Crippen LogP contribution in [0.15, 0.2) is 36.5 Å². The van der Waals surface area contributed by atoms with Crippen LogP contribution in [0, 0.1) is 0 Å². The molecule has 2 unspecified atom stereocenters. The lowest BCUT2D eigenvalue weighted by Crippen LogP contribution is -2.37. The SMILES string of the molecule is CCCCCCCC/C=C\C/C=C\C/C=C\CCCC(=O)OC(COC(=O)CCCCCCCCCCCCCCCCC)COP(=O)([O-])OCC[N+](C)(C)C. The Balaban J connectivity index is 4.42. The second-order valence-corrected chi connectivity index (χ2v) is 17.8. The molecule has 0 radical (unpaired) electrons. The van der Waals surface area contributed by atoms with Crippen LogP contribution in [0.1, 0.15) is 194 Å². The Labute approximate surface area is 344 Å². The first kappa shape index (κ1) is 54.2. The number of esters is 2. The minimum atomic E-state index is -4.64. The maximum atomic E-state index is 12.7.